The number of aliphatic hydroxyl groups is 1. The Hall–Kier alpha value is -3.54. The first-order valence-corrected chi connectivity index (χ1v) is 14.1. The third-order valence-electron chi connectivity index (χ3n) is 6.73. The summed E-state index contributed by atoms with van der Waals surface area (Å²) in [5, 5.41) is 9.87. The number of rotatable bonds is 9. The molecular formula is C28H33FN4O5S. The molecule has 2 aromatic carbocycles. The lowest BCUT2D eigenvalue weighted by molar-refractivity contribution is 0.0341. The second kappa shape index (κ2) is 12.1. The van der Waals surface area contributed by atoms with Crippen molar-refractivity contribution in [2.75, 3.05) is 31.5 Å². The Kier molecular flexibility index (Phi) is 8.83. The van der Waals surface area contributed by atoms with Crippen LogP contribution < -0.4 is 9.46 Å². The molecule has 0 aliphatic carbocycles. The van der Waals surface area contributed by atoms with Gasteiger partial charge in [0.15, 0.2) is 0 Å². The maximum absolute atomic E-state index is 13.6. The first kappa shape index (κ1) is 28.5. The van der Waals surface area contributed by atoms with Crippen LogP contribution in [-0.4, -0.2) is 73.1 Å². The average Bonchev–Trinajstić information content (AvgIpc) is 2.91. The Morgan fingerprint density at radius 3 is 2.54 bits per heavy atom. The van der Waals surface area contributed by atoms with Crippen molar-refractivity contribution in [2.24, 2.45) is 5.92 Å². The van der Waals surface area contributed by atoms with Crippen LogP contribution in [0.25, 0.3) is 0 Å². The van der Waals surface area contributed by atoms with Crippen LogP contribution in [0.5, 0.6) is 5.75 Å². The van der Waals surface area contributed by atoms with E-state index in [1.807, 2.05) is 26.1 Å². The van der Waals surface area contributed by atoms with E-state index in [1.54, 1.807) is 30.3 Å². The Balaban J connectivity index is 1.63. The minimum atomic E-state index is -4.02. The normalized spacial score (nSPS) is 18.6. The van der Waals surface area contributed by atoms with Crippen molar-refractivity contribution >= 4 is 21.6 Å². The monoisotopic (exact) mass is 556 g/mol. The molecule has 0 saturated carbocycles. The fourth-order valence-electron chi connectivity index (χ4n) is 4.50. The van der Waals surface area contributed by atoms with Crippen LogP contribution >= 0.6 is 0 Å². The number of pyridine rings is 1. The van der Waals surface area contributed by atoms with Gasteiger partial charge in [-0.3, -0.25) is 19.4 Å². The number of aromatic nitrogens is 1. The molecule has 0 radical (unpaired) electrons. The summed E-state index contributed by atoms with van der Waals surface area (Å²) in [5.41, 5.74) is 1.45. The first-order chi connectivity index (χ1) is 18.6. The van der Waals surface area contributed by atoms with Gasteiger partial charge in [0.2, 0.25) is 0 Å². The number of fused-ring (bicyclic) bond motifs is 1. The van der Waals surface area contributed by atoms with Gasteiger partial charge >= 0.3 is 0 Å². The van der Waals surface area contributed by atoms with E-state index in [0.717, 1.165) is 17.7 Å². The molecule has 3 atom stereocenters. The van der Waals surface area contributed by atoms with Crippen LogP contribution in [0.4, 0.5) is 10.1 Å². The topological polar surface area (TPSA) is 112 Å². The minimum absolute atomic E-state index is 0.0624. The molecular weight excluding hydrogens is 523 g/mol. The standard InChI is InChI=1S/C28H33FN4O5S/c1-19-15-33(20(2)18-34)28(35)25-14-23(31-39(36,37)24-7-4-22(29)5-8-24)6-9-26(25)38-27(19)17-32(3)16-21-10-12-30-13-11-21/h4-14,19-20,27,31,34H,15-18H2,1-3H3/t19-,20-,27+/m1/s1. The summed E-state index contributed by atoms with van der Waals surface area (Å²) in [6, 6.07) is 12.4. The van der Waals surface area contributed by atoms with Gasteiger partial charge in [0.05, 0.1) is 23.1 Å². The lowest BCUT2D eigenvalue weighted by Crippen LogP contribution is -2.49. The smallest absolute Gasteiger partial charge is 0.261 e. The second-order valence-corrected chi connectivity index (χ2v) is 11.6. The van der Waals surface area contributed by atoms with Crippen molar-refractivity contribution in [2.45, 2.75) is 37.4 Å². The molecule has 0 unspecified atom stereocenters. The zero-order valence-electron chi connectivity index (χ0n) is 22.1. The van der Waals surface area contributed by atoms with E-state index in [4.69, 9.17) is 4.74 Å². The van der Waals surface area contributed by atoms with Gasteiger partial charge in [0.25, 0.3) is 15.9 Å². The summed E-state index contributed by atoms with van der Waals surface area (Å²) in [4.78, 5) is 21.3. The van der Waals surface area contributed by atoms with Gasteiger partial charge in [0.1, 0.15) is 17.7 Å². The number of hydrogen-bond donors (Lipinski definition) is 2. The van der Waals surface area contributed by atoms with E-state index >= 15 is 0 Å². The number of hydrogen-bond acceptors (Lipinski definition) is 7. The molecule has 1 aliphatic rings. The molecule has 1 aromatic heterocycles. The highest BCUT2D eigenvalue weighted by atomic mass is 32.2. The summed E-state index contributed by atoms with van der Waals surface area (Å²) >= 11 is 0. The Morgan fingerprint density at radius 1 is 1.18 bits per heavy atom. The average molecular weight is 557 g/mol. The van der Waals surface area contributed by atoms with E-state index in [2.05, 4.69) is 14.6 Å². The molecule has 4 rings (SSSR count). The van der Waals surface area contributed by atoms with Crippen LogP contribution in [-0.2, 0) is 16.6 Å². The number of carbonyl (C=O) groups is 1. The van der Waals surface area contributed by atoms with Crippen LogP contribution in [0.3, 0.4) is 0 Å². The van der Waals surface area contributed by atoms with Crippen LogP contribution in [0.15, 0.2) is 71.9 Å². The molecule has 1 aliphatic heterocycles. The van der Waals surface area contributed by atoms with Crippen LogP contribution in [0, 0.1) is 11.7 Å². The SMILES string of the molecule is C[C@@H]1CN([C@H](C)CO)C(=O)c2cc(NS(=O)(=O)c3ccc(F)cc3)ccc2O[C@H]1CN(C)Cc1ccncc1. The molecule has 2 heterocycles. The van der Waals surface area contributed by atoms with E-state index in [9.17, 15) is 22.7 Å². The Labute approximate surface area is 228 Å². The van der Waals surface area contributed by atoms with Gasteiger partial charge in [-0.05, 0) is 74.1 Å². The number of anilines is 1. The number of amides is 1. The molecule has 39 heavy (non-hydrogen) atoms. The van der Waals surface area contributed by atoms with Gasteiger partial charge in [-0.15, -0.1) is 0 Å². The number of likely N-dealkylation sites (N-methyl/N-ethyl adjacent to an activating group) is 1. The van der Waals surface area contributed by atoms with Gasteiger partial charge in [-0.2, -0.15) is 0 Å². The van der Waals surface area contributed by atoms with Gasteiger partial charge in [0, 0.05) is 43.6 Å². The van der Waals surface area contributed by atoms with Crippen molar-refractivity contribution in [3.8, 4) is 5.75 Å². The maximum atomic E-state index is 13.6. The Morgan fingerprint density at radius 2 is 1.87 bits per heavy atom. The van der Waals surface area contributed by atoms with Crippen molar-refractivity contribution < 1.29 is 27.4 Å². The molecule has 0 bridgehead atoms. The van der Waals surface area contributed by atoms with Gasteiger partial charge in [-0.25, -0.2) is 12.8 Å². The van der Waals surface area contributed by atoms with Crippen LogP contribution in [0.2, 0.25) is 0 Å². The highest BCUT2D eigenvalue weighted by Gasteiger charge is 2.33. The van der Waals surface area contributed by atoms with E-state index in [-0.39, 0.29) is 40.7 Å². The molecule has 9 nitrogen and oxygen atoms in total. The summed E-state index contributed by atoms with van der Waals surface area (Å²) in [5.74, 6) is -0.655. The lowest BCUT2D eigenvalue weighted by Gasteiger charge is -2.38. The molecule has 0 fully saturated rings. The molecule has 0 saturated heterocycles. The molecule has 208 valence electrons. The predicted octanol–water partition coefficient (Wildman–Crippen LogP) is 3.37. The number of carbonyl (C=O) groups excluding carboxylic acids is 1. The molecule has 11 heteroatoms. The number of aliphatic hydroxyl groups excluding tert-OH is 1. The molecule has 3 aromatic rings. The number of nitrogens with one attached hydrogen (secondary N) is 1. The number of sulfonamides is 1. The molecule has 0 spiro atoms. The zero-order valence-corrected chi connectivity index (χ0v) is 22.9. The summed E-state index contributed by atoms with van der Waals surface area (Å²) in [7, 11) is -2.03. The van der Waals surface area contributed by atoms with Gasteiger partial charge < -0.3 is 14.7 Å². The van der Waals surface area contributed by atoms with Gasteiger partial charge in [-0.1, -0.05) is 6.92 Å². The maximum Gasteiger partial charge on any atom is 0.261 e. The van der Waals surface area contributed by atoms with Crippen molar-refractivity contribution in [3.05, 3.63) is 83.9 Å². The van der Waals surface area contributed by atoms with E-state index < -0.39 is 21.9 Å². The number of halogens is 1. The van der Waals surface area contributed by atoms with Crippen molar-refractivity contribution in [1.29, 1.82) is 0 Å². The summed E-state index contributed by atoms with van der Waals surface area (Å²) < 4.78 is 47.9. The second-order valence-electron chi connectivity index (χ2n) is 9.95. The third-order valence-corrected chi connectivity index (χ3v) is 8.13. The first-order valence-electron chi connectivity index (χ1n) is 12.7. The zero-order chi connectivity index (χ0) is 28.2. The summed E-state index contributed by atoms with van der Waals surface area (Å²) in [6.45, 7) is 5.14. The Bertz CT molecular complexity index is 1390. The van der Waals surface area contributed by atoms with Crippen molar-refractivity contribution in [3.63, 3.8) is 0 Å². The van der Waals surface area contributed by atoms with E-state index in [0.29, 0.717) is 25.4 Å². The quantitative estimate of drug-likeness (QED) is 0.416. The molecule has 2 N–H and O–H groups in total. The lowest BCUT2D eigenvalue weighted by atomic mass is 9.99. The predicted molar refractivity (Wildman–Crippen MR) is 145 cm³/mol. The largest absolute Gasteiger partial charge is 0.488 e. The minimum Gasteiger partial charge on any atom is -0.488 e. The third kappa shape index (κ3) is 6.92. The highest BCUT2D eigenvalue weighted by Crippen LogP contribution is 2.31. The molecule has 1 amide bonds. The number of benzene rings is 2. The van der Waals surface area contributed by atoms with Crippen molar-refractivity contribution in [1.82, 2.24) is 14.8 Å². The summed E-state index contributed by atoms with van der Waals surface area (Å²) in [6.07, 6.45) is 3.20. The highest BCUT2D eigenvalue weighted by molar-refractivity contribution is 7.92. The number of nitrogens with zero attached hydrogens (tertiary/aromatic N) is 3. The van der Waals surface area contributed by atoms with E-state index in [1.165, 1.54) is 24.3 Å². The number of ether oxygens (including phenoxy) is 1. The van der Waals surface area contributed by atoms with Crippen LogP contribution in [0.1, 0.15) is 29.8 Å². The fraction of sp³-hybridized carbons (Fsp3) is 0.357. The fourth-order valence-corrected chi connectivity index (χ4v) is 5.55.